The number of para-hydroxylation sites is 1. The molecule has 1 aromatic heterocycles. The van der Waals surface area contributed by atoms with Crippen molar-refractivity contribution in [1.82, 2.24) is 4.90 Å². The zero-order chi connectivity index (χ0) is 15.5. The highest BCUT2D eigenvalue weighted by Gasteiger charge is 2.25. The highest BCUT2D eigenvalue weighted by Crippen LogP contribution is 2.27. The van der Waals surface area contributed by atoms with Gasteiger partial charge in [-0.15, -0.1) is 11.3 Å². The number of amides is 1. The Bertz CT molecular complexity index is 738. The van der Waals surface area contributed by atoms with Crippen molar-refractivity contribution in [3.8, 4) is 0 Å². The summed E-state index contributed by atoms with van der Waals surface area (Å²) in [6.45, 7) is 1.06. The molecule has 112 valence electrons. The maximum absolute atomic E-state index is 12.5. The summed E-state index contributed by atoms with van der Waals surface area (Å²) >= 11 is 1.68. The summed E-state index contributed by atoms with van der Waals surface area (Å²) in [5, 5.41) is 13.1. The third-order valence-electron chi connectivity index (χ3n) is 3.67. The molecule has 0 atom stereocenters. The Kier molecular flexibility index (Phi) is 4.02. The zero-order valence-electron chi connectivity index (χ0n) is 11.8. The summed E-state index contributed by atoms with van der Waals surface area (Å²) in [6, 6.07) is 10.2. The van der Waals surface area contributed by atoms with Gasteiger partial charge in [-0.05, 0) is 29.5 Å². The van der Waals surface area contributed by atoms with Crippen LogP contribution >= 0.6 is 11.3 Å². The summed E-state index contributed by atoms with van der Waals surface area (Å²) in [4.78, 5) is 25.9. The molecule has 1 aliphatic rings. The monoisotopic (exact) mass is 314 g/mol. The number of thiophene rings is 1. The van der Waals surface area contributed by atoms with Crippen LogP contribution in [0.1, 0.15) is 21.7 Å². The van der Waals surface area contributed by atoms with E-state index in [-0.39, 0.29) is 17.2 Å². The van der Waals surface area contributed by atoms with Gasteiger partial charge in [0, 0.05) is 24.0 Å². The van der Waals surface area contributed by atoms with E-state index in [0.29, 0.717) is 13.1 Å². The standard InChI is InChI=1S/C16H14N2O3S/c19-16(13-4-1-2-5-14(13)18(20)21)17-9-7-12(8-10-17)15-6-3-11-22-15/h1-7,11H,8-10H2. The molecule has 0 spiro atoms. The first-order valence-electron chi connectivity index (χ1n) is 6.92. The lowest BCUT2D eigenvalue weighted by Gasteiger charge is -2.26. The molecule has 1 amide bonds. The fourth-order valence-corrected chi connectivity index (χ4v) is 3.32. The van der Waals surface area contributed by atoms with Gasteiger partial charge in [0.25, 0.3) is 11.6 Å². The molecule has 1 aromatic carbocycles. The van der Waals surface area contributed by atoms with Gasteiger partial charge in [-0.3, -0.25) is 14.9 Å². The number of nitrogens with zero attached hydrogens (tertiary/aromatic N) is 2. The van der Waals surface area contributed by atoms with Crippen molar-refractivity contribution >= 4 is 28.5 Å². The van der Waals surface area contributed by atoms with E-state index in [1.54, 1.807) is 28.4 Å². The number of hydrogen-bond donors (Lipinski definition) is 0. The third-order valence-corrected chi connectivity index (χ3v) is 4.61. The largest absolute Gasteiger partial charge is 0.334 e. The Balaban J connectivity index is 1.79. The number of nitro groups is 1. The minimum absolute atomic E-state index is 0.138. The maximum Gasteiger partial charge on any atom is 0.282 e. The zero-order valence-corrected chi connectivity index (χ0v) is 12.6. The van der Waals surface area contributed by atoms with Crippen molar-refractivity contribution in [3.05, 3.63) is 68.4 Å². The van der Waals surface area contributed by atoms with E-state index in [1.165, 1.54) is 22.6 Å². The second kappa shape index (κ2) is 6.11. The highest BCUT2D eigenvalue weighted by atomic mass is 32.1. The van der Waals surface area contributed by atoms with Crippen LogP contribution in [0.5, 0.6) is 0 Å². The predicted molar refractivity (Wildman–Crippen MR) is 85.9 cm³/mol. The normalized spacial score (nSPS) is 14.5. The average molecular weight is 314 g/mol. The van der Waals surface area contributed by atoms with Crippen LogP contribution in [0.2, 0.25) is 0 Å². The minimum Gasteiger partial charge on any atom is -0.334 e. The van der Waals surface area contributed by atoms with Crippen LogP contribution in [0.25, 0.3) is 5.57 Å². The van der Waals surface area contributed by atoms with Crippen molar-refractivity contribution in [2.24, 2.45) is 0 Å². The molecule has 1 aliphatic heterocycles. The smallest absolute Gasteiger partial charge is 0.282 e. The van der Waals surface area contributed by atoms with Crippen LogP contribution in [0.3, 0.4) is 0 Å². The first-order valence-corrected chi connectivity index (χ1v) is 7.80. The lowest BCUT2D eigenvalue weighted by molar-refractivity contribution is -0.385. The highest BCUT2D eigenvalue weighted by molar-refractivity contribution is 7.11. The second-order valence-electron chi connectivity index (χ2n) is 4.98. The molecule has 0 fully saturated rings. The second-order valence-corrected chi connectivity index (χ2v) is 5.93. The summed E-state index contributed by atoms with van der Waals surface area (Å²) < 4.78 is 0. The van der Waals surface area contributed by atoms with Gasteiger partial charge in [-0.2, -0.15) is 0 Å². The molecule has 6 heteroatoms. The van der Waals surface area contributed by atoms with Gasteiger partial charge in [-0.1, -0.05) is 24.3 Å². The number of benzene rings is 1. The quantitative estimate of drug-likeness (QED) is 0.642. The molecule has 0 radical (unpaired) electrons. The Labute approximate surface area is 131 Å². The van der Waals surface area contributed by atoms with E-state index in [9.17, 15) is 14.9 Å². The molecule has 0 saturated carbocycles. The Hall–Kier alpha value is -2.47. The van der Waals surface area contributed by atoms with E-state index in [1.807, 2.05) is 17.5 Å². The summed E-state index contributed by atoms with van der Waals surface area (Å²) in [5.41, 5.74) is 1.25. The van der Waals surface area contributed by atoms with Gasteiger partial charge in [0.15, 0.2) is 0 Å². The summed E-state index contributed by atoms with van der Waals surface area (Å²) in [6.07, 6.45) is 2.80. The van der Waals surface area contributed by atoms with Crippen molar-refractivity contribution < 1.29 is 9.72 Å². The number of carbonyl (C=O) groups excluding carboxylic acids is 1. The van der Waals surface area contributed by atoms with E-state index >= 15 is 0 Å². The van der Waals surface area contributed by atoms with Gasteiger partial charge in [-0.25, -0.2) is 0 Å². The van der Waals surface area contributed by atoms with E-state index in [4.69, 9.17) is 0 Å². The minimum atomic E-state index is -0.510. The lowest BCUT2D eigenvalue weighted by atomic mass is 10.0. The average Bonchev–Trinajstić information content (AvgIpc) is 3.09. The SMILES string of the molecule is O=C(c1ccccc1[N+](=O)[O-])N1CC=C(c2cccs2)CC1. The van der Waals surface area contributed by atoms with Crippen LogP contribution in [0.15, 0.2) is 47.9 Å². The molecule has 22 heavy (non-hydrogen) atoms. The molecule has 0 unspecified atom stereocenters. The van der Waals surface area contributed by atoms with Crippen LogP contribution < -0.4 is 0 Å². The van der Waals surface area contributed by atoms with Crippen molar-refractivity contribution in [2.45, 2.75) is 6.42 Å². The molecular formula is C16H14N2O3S. The number of hydrogen-bond acceptors (Lipinski definition) is 4. The molecule has 0 saturated heterocycles. The fourth-order valence-electron chi connectivity index (χ4n) is 2.52. The summed E-state index contributed by atoms with van der Waals surface area (Å²) in [7, 11) is 0. The topological polar surface area (TPSA) is 63.4 Å². The van der Waals surface area contributed by atoms with Crippen LogP contribution in [0.4, 0.5) is 5.69 Å². The number of rotatable bonds is 3. The molecule has 2 heterocycles. The van der Waals surface area contributed by atoms with Gasteiger partial charge < -0.3 is 4.90 Å². The van der Waals surface area contributed by atoms with Crippen LogP contribution in [-0.2, 0) is 0 Å². The Morgan fingerprint density at radius 2 is 2.05 bits per heavy atom. The van der Waals surface area contributed by atoms with Crippen LogP contribution in [0, 0.1) is 10.1 Å². The van der Waals surface area contributed by atoms with Gasteiger partial charge in [0.05, 0.1) is 4.92 Å². The molecular weight excluding hydrogens is 300 g/mol. The maximum atomic E-state index is 12.5. The molecule has 0 aliphatic carbocycles. The van der Waals surface area contributed by atoms with Gasteiger partial charge in [0.1, 0.15) is 5.56 Å². The van der Waals surface area contributed by atoms with Crippen molar-refractivity contribution in [2.75, 3.05) is 13.1 Å². The van der Waals surface area contributed by atoms with E-state index in [0.717, 1.165) is 6.42 Å². The van der Waals surface area contributed by atoms with Crippen LogP contribution in [-0.4, -0.2) is 28.8 Å². The molecule has 0 N–H and O–H groups in total. The van der Waals surface area contributed by atoms with E-state index in [2.05, 4.69) is 6.07 Å². The number of carbonyl (C=O) groups is 1. The molecule has 3 rings (SSSR count). The Morgan fingerprint density at radius 1 is 1.23 bits per heavy atom. The summed E-state index contributed by atoms with van der Waals surface area (Å²) in [5.74, 6) is -0.284. The number of nitro benzene ring substituents is 1. The predicted octanol–water partition coefficient (Wildman–Crippen LogP) is 3.59. The molecule has 2 aromatic rings. The van der Waals surface area contributed by atoms with Crippen molar-refractivity contribution in [1.29, 1.82) is 0 Å². The Morgan fingerprint density at radius 3 is 2.68 bits per heavy atom. The van der Waals surface area contributed by atoms with Crippen molar-refractivity contribution in [3.63, 3.8) is 0 Å². The molecule has 0 bridgehead atoms. The lowest BCUT2D eigenvalue weighted by Crippen LogP contribution is -2.34. The third kappa shape index (κ3) is 2.78. The first kappa shape index (κ1) is 14.5. The van der Waals surface area contributed by atoms with Gasteiger partial charge in [0.2, 0.25) is 0 Å². The molecule has 5 nitrogen and oxygen atoms in total. The van der Waals surface area contributed by atoms with Gasteiger partial charge >= 0.3 is 0 Å². The fraction of sp³-hybridized carbons (Fsp3) is 0.188. The first-order chi connectivity index (χ1) is 10.7. The van der Waals surface area contributed by atoms with E-state index < -0.39 is 4.92 Å².